The number of carbonyl (C=O) groups excluding carboxylic acids is 1. The molecule has 2 aromatic rings. The molecule has 1 aromatic carbocycles. The predicted octanol–water partition coefficient (Wildman–Crippen LogP) is 1.91. The molecule has 5 rings (SSSR count). The zero-order valence-electron chi connectivity index (χ0n) is 16.8. The van der Waals surface area contributed by atoms with Crippen molar-refractivity contribution in [3.8, 4) is 0 Å². The Morgan fingerprint density at radius 1 is 0.966 bits per heavy atom. The maximum absolute atomic E-state index is 12.9. The Kier molecular flexibility index (Phi) is 4.99. The van der Waals surface area contributed by atoms with Gasteiger partial charge in [0.05, 0.1) is 23.3 Å². The Labute approximate surface area is 170 Å². The summed E-state index contributed by atoms with van der Waals surface area (Å²) in [6.07, 6.45) is 8.31. The predicted molar refractivity (Wildman–Crippen MR) is 113 cm³/mol. The monoisotopic (exact) mass is 395 g/mol. The fourth-order valence-corrected chi connectivity index (χ4v) is 5.16. The standard InChI is InChI=1S/C22H29N5O2/c28-21-20(6-3-9-23-21)26-12-10-25(11-13-26)17-7-8-18-19(14-17)24-15-27(22(18)29)16-4-1-2-5-16/h7-8,14-16,20H,1-6,9-13H2,(H,23,28). The van der Waals surface area contributed by atoms with Crippen LogP contribution in [-0.2, 0) is 4.79 Å². The lowest BCUT2D eigenvalue weighted by Crippen LogP contribution is -2.56. The van der Waals surface area contributed by atoms with Crippen LogP contribution in [0, 0.1) is 0 Å². The molecule has 3 aliphatic rings. The Morgan fingerprint density at radius 2 is 1.76 bits per heavy atom. The van der Waals surface area contributed by atoms with Crippen LogP contribution in [0.1, 0.15) is 44.6 Å². The highest BCUT2D eigenvalue weighted by Crippen LogP contribution is 2.29. The van der Waals surface area contributed by atoms with E-state index in [1.54, 1.807) is 6.33 Å². The molecular formula is C22H29N5O2. The van der Waals surface area contributed by atoms with Crippen LogP contribution in [0.5, 0.6) is 0 Å². The summed E-state index contributed by atoms with van der Waals surface area (Å²) in [6, 6.07) is 6.36. The Morgan fingerprint density at radius 3 is 2.52 bits per heavy atom. The first-order valence-corrected chi connectivity index (χ1v) is 11.0. The van der Waals surface area contributed by atoms with E-state index >= 15 is 0 Å². The Balaban J connectivity index is 1.31. The van der Waals surface area contributed by atoms with Gasteiger partial charge in [-0.05, 0) is 43.9 Å². The highest BCUT2D eigenvalue weighted by Gasteiger charge is 2.30. The van der Waals surface area contributed by atoms with Crippen LogP contribution in [-0.4, -0.2) is 59.1 Å². The van der Waals surface area contributed by atoms with E-state index in [4.69, 9.17) is 0 Å². The largest absolute Gasteiger partial charge is 0.369 e. The average Bonchev–Trinajstić information content (AvgIpc) is 3.29. The first kappa shape index (κ1) is 18.6. The van der Waals surface area contributed by atoms with Gasteiger partial charge in [0.15, 0.2) is 0 Å². The minimum Gasteiger partial charge on any atom is -0.369 e. The molecule has 29 heavy (non-hydrogen) atoms. The molecular weight excluding hydrogens is 366 g/mol. The number of hydrogen-bond acceptors (Lipinski definition) is 5. The number of anilines is 1. The van der Waals surface area contributed by atoms with Crippen molar-refractivity contribution in [2.45, 2.75) is 50.6 Å². The number of hydrogen-bond donors (Lipinski definition) is 1. The van der Waals surface area contributed by atoms with E-state index in [1.807, 2.05) is 22.8 Å². The SMILES string of the molecule is O=C1NCCCC1N1CCN(c2ccc3c(=O)n(C4CCCC4)cnc3c2)CC1. The molecule has 0 radical (unpaired) electrons. The van der Waals surface area contributed by atoms with Crippen molar-refractivity contribution in [2.75, 3.05) is 37.6 Å². The second-order valence-corrected chi connectivity index (χ2v) is 8.57. The van der Waals surface area contributed by atoms with E-state index in [0.717, 1.165) is 69.6 Å². The molecule has 1 N–H and O–H groups in total. The van der Waals surface area contributed by atoms with Crippen molar-refractivity contribution >= 4 is 22.5 Å². The number of piperidine rings is 1. The quantitative estimate of drug-likeness (QED) is 0.860. The molecule has 0 spiro atoms. The molecule has 2 saturated heterocycles. The van der Waals surface area contributed by atoms with Gasteiger partial charge in [-0.25, -0.2) is 4.98 Å². The van der Waals surface area contributed by atoms with E-state index in [0.29, 0.717) is 11.4 Å². The minimum absolute atomic E-state index is 0.0261. The summed E-state index contributed by atoms with van der Waals surface area (Å²) >= 11 is 0. The third kappa shape index (κ3) is 3.52. The molecule has 1 amide bonds. The lowest BCUT2D eigenvalue weighted by molar-refractivity contribution is -0.128. The zero-order valence-corrected chi connectivity index (χ0v) is 16.8. The summed E-state index contributed by atoms with van der Waals surface area (Å²) in [5, 5.41) is 3.70. The van der Waals surface area contributed by atoms with Crippen molar-refractivity contribution in [1.29, 1.82) is 0 Å². The molecule has 3 heterocycles. The maximum atomic E-state index is 12.9. The van der Waals surface area contributed by atoms with Crippen molar-refractivity contribution in [2.24, 2.45) is 0 Å². The highest BCUT2D eigenvalue weighted by molar-refractivity contribution is 5.83. The summed E-state index contributed by atoms with van der Waals surface area (Å²) in [7, 11) is 0. The van der Waals surface area contributed by atoms with Gasteiger partial charge in [-0.3, -0.25) is 19.1 Å². The maximum Gasteiger partial charge on any atom is 0.261 e. The average molecular weight is 396 g/mol. The molecule has 7 nitrogen and oxygen atoms in total. The number of rotatable bonds is 3. The molecule has 3 fully saturated rings. The summed E-state index contributed by atoms with van der Waals surface area (Å²) < 4.78 is 1.84. The minimum atomic E-state index is 0.0261. The number of amides is 1. The first-order valence-electron chi connectivity index (χ1n) is 11.0. The number of nitrogens with zero attached hydrogens (tertiary/aromatic N) is 4. The summed E-state index contributed by atoms with van der Waals surface area (Å²) in [6.45, 7) is 4.34. The number of piperazine rings is 1. The van der Waals surface area contributed by atoms with Gasteiger partial charge in [-0.2, -0.15) is 0 Å². The van der Waals surface area contributed by atoms with E-state index in [9.17, 15) is 9.59 Å². The smallest absolute Gasteiger partial charge is 0.261 e. The summed E-state index contributed by atoms with van der Waals surface area (Å²) in [5.41, 5.74) is 1.97. The van der Waals surface area contributed by atoms with Crippen LogP contribution in [0.15, 0.2) is 29.3 Å². The van der Waals surface area contributed by atoms with Crippen molar-refractivity contribution in [1.82, 2.24) is 19.8 Å². The fourth-order valence-electron chi connectivity index (χ4n) is 5.16. The van der Waals surface area contributed by atoms with E-state index < -0.39 is 0 Å². The fraction of sp³-hybridized carbons (Fsp3) is 0.591. The number of benzene rings is 1. The molecule has 1 saturated carbocycles. The number of aromatic nitrogens is 2. The van der Waals surface area contributed by atoms with Crippen LogP contribution >= 0.6 is 0 Å². The van der Waals surface area contributed by atoms with Gasteiger partial charge in [-0.1, -0.05) is 12.8 Å². The van der Waals surface area contributed by atoms with Gasteiger partial charge in [0, 0.05) is 44.5 Å². The van der Waals surface area contributed by atoms with Crippen molar-refractivity contribution < 1.29 is 4.79 Å². The number of fused-ring (bicyclic) bond motifs is 1. The molecule has 0 bridgehead atoms. The van der Waals surface area contributed by atoms with Gasteiger partial charge in [0.2, 0.25) is 5.91 Å². The number of nitrogens with one attached hydrogen (secondary N) is 1. The normalized spacial score (nSPS) is 24.2. The van der Waals surface area contributed by atoms with Crippen LogP contribution in [0.3, 0.4) is 0 Å². The molecule has 1 aliphatic carbocycles. The summed E-state index contributed by atoms with van der Waals surface area (Å²) in [4.78, 5) is 34.3. The van der Waals surface area contributed by atoms with Crippen LogP contribution in [0.25, 0.3) is 10.9 Å². The molecule has 1 unspecified atom stereocenters. The van der Waals surface area contributed by atoms with E-state index in [2.05, 4.69) is 20.1 Å². The highest BCUT2D eigenvalue weighted by atomic mass is 16.2. The van der Waals surface area contributed by atoms with Crippen molar-refractivity contribution in [3.05, 3.63) is 34.9 Å². The second kappa shape index (κ2) is 7.78. The molecule has 2 aliphatic heterocycles. The zero-order chi connectivity index (χ0) is 19.8. The Bertz CT molecular complexity index is 957. The van der Waals surface area contributed by atoms with Gasteiger partial charge in [0.25, 0.3) is 5.56 Å². The molecule has 7 heteroatoms. The molecule has 1 atom stereocenters. The van der Waals surface area contributed by atoms with Gasteiger partial charge in [0.1, 0.15) is 0 Å². The van der Waals surface area contributed by atoms with Gasteiger partial charge in [-0.15, -0.1) is 0 Å². The second-order valence-electron chi connectivity index (χ2n) is 8.57. The number of carbonyl (C=O) groups is 1. The lowest BCUT2D eigenvalue weighted by Gasteiger charge is -2.40. The third-order valence-corrected chi connectivity index (χ3v) is 6.86. The Hall–Kier alpha value is -2.41. The van der Waals surface area contributed by atoms with Crippen LogP contribution in [0.4, 0.5) is 5.69 Å². The molecule has 154 valence electrons. The molecule has 1 aromatic heterocycles. The topological polar surface area (TPSA) is 70.5 Å². The van der Waals surface area contributed by atoms with E-state index in [-0.39, 0.29) is 17.5 Å². The summed E-state index contributed by atoms with van der Waals surface area (Å²) in [5.74, 6) is 0.179. The van der Waals surface area contributed by atoms with Gasteiger partial charge < -0.3 is 10.2 Å². The third-order valence-electron chi connectivity index (χ3n) is 6.86. The van der Waals surface area contributed by atoms with E-state index in [1.165, 1.54) is 12.8 Å². The van der Waals surface area contributed by atoms with Crippen LogP contribution < -0.4 is 15.8 Å². The van der Waals surface area contributed by atoms with Crippen molar-refractivity contribution in [3.63, 3.8) is 0 Å². The van der Waals surface area contributed by atoms with Gasteiger partial charge >= 0.3 is 0 Å². The lowest BCUT2D eigenvalue weighted by atomic mass is 10.0. The first-order chi connectivity index (χ1) is 14.2. The van der Waals surface area contributed by atoms with Crippen LogP contribution in [0.2, 0.25) is 0 Å².